The molecule has 0 aliphatic rings. The fourth-order valence-electron chi connectivity index (χ4n) is 1.35. The number of benzene rings is 1. The highest BCUT2D eigenvalue weighted by Crippen LogP contribution is 2.19. The number of halogens is 1. The number of amides is 1. The monoisotopic (exact) mass is 268 g/mol. The average Bonchev–Trinajstić information content (AvgIpc) is 2.33. The summed E-state index contributed by atoms with van der Waals surface area (Å²) >= 11 is 5.81. The van der Waals surface area contributed by atoms with Crippen molar-refractivity contribution in [3.8, 4) is 6.07 Å². The summed E-state index contributed by atoms with van der Waals surface area (Å²) in [7, 11) is 0. The lowest BCUT2D eigenvalue weighted by Crippen LogP contribution is -2.32. The van der Waals surface area contributed by atoms with Gasteiger partial charge in [0.25, 0.3) is 0 Å². The molecule has 1 aromatic carbocycles. The summed E-state index contributed by atoms with van der Waals surface area (Å²) in [5.74, 6) is 0. The van der Waals surface area contributed by atoms with E-state index in [-0.39, 0.29) is 13.2 Å². The third-order valence-corrected chi connectivity index (χ3v) is 2.40. The van der Waals surface area contributed by atoms with Gasteiger partial charge in [-0.25, -0.2) is 4.79 Å². The molecule has 0 unspecified atom stereocenters. The zero-order chi connectivity index (χ0) is 13.4. The van der Waals surface area contributed by atoms with E-state index in [9.17, 15) is 4.79 Å². The van der Waals surface area contributed by atoms with Crippen LogP contribution in [0.15, 0.2) is 24.3 Å². The standard InChI is InChI=1S/C12H13ClN2O3/c13-10-3-1-4-11(9-10)15(12(16)17)6-8-18-7-2-5-14/h1,3-4,9H,2,6-8H2,(H,16,17). The largest absolute Gasteiger partial charge is 0.465 e. The minimum absolute atomic E-state index is 0.196. The Hall–Kier alpha value is -1.77. The Morgan fingerprint density at radius 2 is 2.28 bits per heavy atom. The number of ether oxygens (including phenoxy) is 1. The molecule has 0 fully saturated rings. The van der Waals surface area contributed by atoms with Gasteiger partial charge in [0, 0.05) is 10.7 Å². The van der Waals surface area contributed by atoms with E-state index in [1.807, 2.05) is 6.07 Å². The van der Waals surface area contributed by atoms with Crippen molar-refractivity contribution < 1.29 is 14.6 Å². The molecule has 0 saturated carbocycles. The zero-order valence-corrected chi connectivity index (χ0v) is 10.4. The van der Waals surface area contributed by atoms with Crippen LogP contribution >= 0.6 is 11.6 Å². The van der Waals surface area contributed by atoms with Crippen LogP contribution < -0.4 is 4.90 Å². The minimum atomic E-state index is -1.07. The maximum Gasteiger partial charge on any atom is 0.411 e. The van der Waals surface area contributed by atoms with Gasteiger partial charge in [-0.15, -0.1) is 0 Å². The Labute approximate surface area is 110 Å². The number of hydrogen-bond donors (Lipinski definition) is 1. The highest BCUT2D eigenvalue weighted by molar-refractivity contribution is 6.30. The van der Waals surface area contributed by atoms with Crippen molar-refractivity contribution >= 4 is 23.4 Å². The summed E-state index contributed by atoms with van der Waals surface area (Å²) in [5.41, 5.74) is 0.499. The Kier molecular flexibility index (Phi) is 5.98. The predicted octanol–water partition coefficient (Wildman–Crippen LogP) is 2.75. The normalized spacial score (nSPS) is 9.78. The van der Waals surface area contributed by atoms with Crippen LogP contribution in [0.4, 0.5) is 10.5 Å². The van der Waals surface area contributed by atoms with Crippen molar-refractivity contribution in [3.63, 3.8) is 0 Å². The Balaban J connectivity index is 2.56. The fraction of sp³-hybridized carbons (Fsp3) is 0.333. The van der Waals surface area contributed by atoms with Crippen LogP contribution in [0.3, 0.4) is 0 Å². The molecule has 1 N–H and O–H groups in total. The van der Waals surface area contributed by atoms with Gasteiger partial charge in [0.05, 0.1) is 32.2 Å². The number of rotatable bonds is 6. The second-order valence-electron chi connectivity index (χ2n) is 3.43. The molecule has 0 aliphatic carbocycles. The molecule has 0 atom stereocenters. The second kappa shape index (κ2) is 7.54. The van der Waals surface area contributed by atoms with E-state index in [4.69, 9.17) is 26.7 Å². The first-order valence-corrected chi connectivity index (χ1v) is 5.73. The SMILES string of the molecule is N#CCCOCCN(C(=O)O)c1cccc(Cl)c1. The van der Waals surface area contributed by atoms with Crippen LogP contribution in [0, 0.1) is 11.3 Å². The van der Waals surface area contributed by atoms with Crippen LogP contribution in [-0.2, 0) is 4.74 Å². The van der Waals surface area contributed by atoms with Crippen LogP contribution in [0.5, 0.6) is 0 Å². The summed E-state index contributed by atoms with van der Waals surface area (Å²) in [6.07, 6.45) is -0.773. The summed E-state index contributed by atoms with van der Waals surface area (Å²) < 4.78 is 5.15. The summed E-state index contributed by atoms with van der Waals surface area (Å²) in [5, 5.41) is 17.9. The number of carboxylic acid groups (broad SMARTS) is 1. The van der Waals surface area contributed by atoms with E-state index >= 15 is 0 Å². The fourth-order valence-corrected chi connectivity index (χ4v) is 1.54. The van der Waals surface area contributed by atoms with Gasteiger partial charge in [-0.05, 0) is 18.2 Å². The van der Waals surface area contributed by atoms with Gasteiger partial charge in [-0.1, -0.05) is 17.7 Å². The van der Waals surface area contributed by atoms with Crippen LogP contribution in [0.2, 0.25) is 5.02 Å². The second-order valence-corrected chi connectivity index (χ2v) is 3.87. The molecule has 0 saturated heterocycles. The molecule has 6 heteroatoms. The van der Waals surface area contributed by atoms with Crippen molar-refractivity contribution in [3.05, 3.63) is 29.3 Å². The van der Waals surface area contributed by atoms with E-state index in [1.54, 1.807) is 24.3 Å². The molecule has 0 bridgehead atoms. The third-order valence-electron chi connectivity index (χ3n) is 2.17. The van der Waals surface area contributed by atoms with E-state index < -0.39 is 6.09 Å². The van der Waals surface area contributed by atoms with Gasteiger partial charge in [-0.3, -0.25) is 4.90 Å². The molecular weight excluding hydrogens is 256 g/mol. The molecule has 0 radical (unpaired) electrons. The van der Waals surface area contributed by atoms with Gasteiger partial charge in [0.15, 0.2) is 0 Å². The third kappa shape index (κ3) is 4.62. The summed E-state index contributed by atoms with van der Waals surface area (Å²) in [6, 6.07) is 8.54. The molecule has 5 nitrogen and oxygen atoms in total. The number of hydrogen-bond acceptors (Lipinski definition) is 3. The lowest BCUT2D eigenvalue weighted by Gasteiger charge is -2.19. The maximum atomic E-state index is 11.1. The van der Waals surface area contributed by atoms with Crippen molar-refractivity contribution in [1.82, 2.24) is 0 Å². The molecule has 1 aromatic rings. The van der Waals surface area contributed by atoms with Gasteiger partial charge in [-0.2, -0.15) is 5.26 Å². The molecule has 0 spiro atoms. The van der Waals surface area contributed by atoms with E-state index in [2.05, 4.69) is 0 Å². The number of nitrogens with zero attached hydrogens (tertiary/aromatic N) is 2. The van der Waals surface area contributed by atoms with Gasteiger partial charge < -0.3 is 9.84 Å². The number of nitriles is 1. The Bertz CT molecular complexity index is 445. The van der Waals surface area contributed by atoms with Crippen molar-refractivity contribution in [2.24, 2.45) is 0 Å². The first kappa shape index (κ1) is 14.3. The van der Waals surface area contributed by atoms with Gasteiger partial charge >= 0.3 is 6.09 Å². The van der Waals surface area contributed by atoms with Crippen molar-refractivity contribution in [1.29, 1.82) is 5.26 Å². The van der Waals surface area contributed by atoms with Gasteiger partial charge in [0.1, 0.15) is 0 Å². The zero-order valence-electron chi connectivity index (χ0n) is 9.67. The Morgan fingerprint density at radius 3 is 2.89 bits per heavy atom. The molecule has 1 amide bonds. The van der Waals surface area contributed by atoms with Crippen molar-refractivity contribution in [2.45, 2.75) is 6.42 Å². The quantitative estimate of drug-likeness (QED) is 0.805. The van der Waals surface area contributed by atoms with Crippen LogP contribution in [0.1, 0.15) is 6.42 Å². The first-order chi connectivity index (χ1) is 8.65. The maximum absolute atomic E-state index is 11.1. The number of carbonyl (C=O) groups is 1. The van der Waals surface area contributed by atoms with E-state index in [0.717, 1.165) is 4.90 Å². The lowest BCUT2D eigenvalue weighted by atomic mass is 10.3. The Morgan fingerprint density at radius 1 is 1.50 bits per heavy atom. The molecule has 0 aliphatic heterocycles. The van der Waals surface area contributed by atoms with Crippen LogP contribution in [0.25, 0.3) is 0 Å². The topological polar surface area (TPSA) is 73.6 Å². The molecule has 0 heterocycles. The summed E-state index contributed by atoms with van der Waals surface area (Å²) in [6.45, 7) is 0.737. The predicted molar refractivity (Wildman–Crippen MR) is 67.9 cm³/mol. The van der Waals surface area contributed by atoms with E-state index in [0.29, 0.717) is 23.7 Å². The summed E-state index contributed by atoms with van der Waals surface area (Å²) in [4.78, 5) is 12.3. The molecule has 96 valence electrons. The molecule has 1 rings (SSSR count). The van der Waals surface area contributed by atoms with Crippen molar-refractivity contribution in [2.75, 3.05) is 24.7 Å². The molecular formula is C12H13ClN2O3. The highest BCUT2D eigenvalue weighted by atomic mass is 35.5. The lowest BCUT2D eigenvalue weighted by molar-refractivity contribution is 0.143. The smallest absolute Gasteiger partial charge is 0.411 e. The minimum Gasteiger partial charge on any atom is -0.465 e. The molecule has 18 heavy (non-hydrogen) atoms. The molecule has 0 aromatic heterocycles. The van der Waals surface area contributed by atoms with Crippen LogP contribution in [-0.4, -0.2) is 31.0 Å². The number of anilines is 1. The van der Waals surface area contributed by atoms with Gasteiger partial charge in [0.2, 0.25) is 0 Å². The van der Waals surface area contributed by atoms with E-state index in [1.165, 1.54) is 0 Å². The first-order valence-electron chi connectivity index (χ1n) is 5.36. The average molecular weight is 269 g/mol. The highest BCUT2D eigenvalue weighted by Gasteiger charge is 2.13.